The molecule has 1 aromatic heterocycles. The zero-order valence-electron chi connectivity index (χ0n) is 10.4. The van der Waals surface area contributed by atoms with Gasteiger partial charge in [0.05, 0.1) is 0 Å². The lowest BCUT2D eigenvalue weighted by molar-refractivity contribution is 0.0481. The van der Waals surface area contributed by atoms with Crippen molar-refractivity contribution >= 4 is 0 Å². The quantitative estimate of drug-likeness (QED) is 0.835. The summed E-state index contributed by atoms with van der Waals surface area (Å²) in [4.78, 5) is 4.25. The lowest BCUT2D eigenvalue weighted by atomic mass is 9.74. The maximum absolute atomic E-state index is 10.3. The van der Waals surface area contributed by atoms with Crippen LogP contribution in [0.5, 0.6) is 0 Å². The van der Waals surface area contributed by atoms with Crippen molar-refractivity contribution in [1.82, 2.24) is 9.55 Å². The number of aliphatic hydroxyl groups is 1. The van der Waals surface area contributed by atoms with Gasteiger partial charge in [-0.2, -0.15) is 0 Å². The van der Waals surface area contributed by atoms with Crippen LogP contribution in [0.25, 0.3) is 0 Å². The van der Waals surface area contributed by atoms with E-state index in [0.717, 1.165) is 24.6 Å². The molecule has 1 aliphatic carbocycles. The van der Waals surface area contributed by atoms with Crippen LogP contribution in [-0.4, -0.2) is 14.7 Å². The fourth-order valence-corrected chi connectivity index (χ4v) is 2.75. The topological polar surface area (TPSA) is 38.1 Å². The molecule has 4 unspecified atom stereocenters. The van der Waals surface area contributed by atoms with Crippen molar-refractivity contribution in [1.29, 1.82) is 0 Å². The summed E-state index contributed by atoms with van der Waals surface area (Å²) in [6.07, 6.45) is 6.73. The highest BCUT2D eigenvalue weighted by Crippen LogP contribution is 2.39. The SMILES string of the molecule is CC1CCC(C(O)c2nccn2C)CC1C. The first kappa shape index (κ1) is 11.6. The summed E-state index contributed by atoms with van der Waals surface area (Å²) >= 11 is 0. The number of aliphatic hydroxyl groups excluding tert-OH is 1. The van der Waals surface area contributed by atoms with E-state index in [1.165, 1.54) is 6.42 Å². The molecular formula is C13H22N2O. The zero-order valence-corrected chi connectivity index (χ0v) is 10.4. The molecule has 1 heterocycles. The molecule has 0 radical (unpaired) electrons. The van der Waals surface area contributed by atoms with Crippen molar-refractivity contribution in [3.05, 3.63) is 18.2 Å². The first-order chi connectivity index (χ1) is 7.59. The molecule has 0 spiro atoms. The molecular weight excluding hydrogens is 200 g/mol. The molecule has 0 saturated heterocycles. The Morgan fingerprint density at radius 3 is 2.69 bits per heavy atom. The molecule has 0 aliphatic heterocycles. The van der Waals surface area contributed by atoms with Gasteiger partial charge in [-0.1, -0.05) is 20.3 Å². The van der Waals surface area contributed by atoms with Crippen molar-refractivity contribution in [3.8, 4) is 0 Å². The molecule has 2 rings (SSSR count). The molecule has 0 amide bonds. The van der Waals surface area contributed by atoms with Gasteiger partial charge in [-0.15, -0.1) is 0 Å². The molecule has 1 saturated carbocycles. The van der Waals surface area contributed by atoms with E-state index in [-0.39, 0.29) is 0 Å². The van der Waals surface area contributed by atoms with E-state index < -0.39 is 6.10 Å². The lowest BCUT2D eigenvalue weighted by Crippen LogP contribution is -2.26. The molecule has 4 atom stereocenters. The van der Waals surface area contributed by atoms with Gasteiger partial charge in [0.15, 0.2) is 0 Å². The van der Waals surface area contributed by atoms with E-state index in [1.54, 1.807) is 6.20 Å². The van der Waals surface area contributed by atoms with Gasteiger partial charge in [0.1, 0.15) is 11.9 Å². The largest absolute Gasteiger partial charge is 0.385 e. The Morgan fingerprint density at radius 2 is 2.12 bits per heavy atom. The summed E-state index contributed by atoms with van der Waals surface area (Å²) < 4.78 is 1.92. The van der Waals surface area contributed by atoms with Crippen molar-refractivity contribution in [2.75, 3.05) is 0 Å². The van der Waals surface area contributed by atoms with Crippen LogP contribution in [0.1, 0.15) is 45.0 Å². The molecule has 0 aromatic carbocycles. The normalized spacial score (nSPS) is 32.6. The Balaban J connectivity index is 2.06. The summed E-state index contributed by atoms with van der Waals surface area (Å²) in [6.45, 7) is 4.61. The fourth-order valence-electron chi connectivity index (χ4n) is 2.75. The minimum absolute atomic E-state index is 0.382. The van der Waals surface area contributed by atoms with E-state index in [9.17, 15) is 5.11 Å². The maximum atomic E-state index is 10.3. The highest BCUT2D eigenvalue weighted by Gasteiger charge is 2.31. The van der Waals surface area contributed by atoms with Gasteiger partial charge in [0, 0.05) is 19.4 Å². The summed E-state index contributed by atoms with van der Waals surface area (Å²) in [5.41, 5.74) is 0. The van der Waals surface area contributed by atoms with Gasteiger partial charge >= 0.3 is 0 Å². The Labute approximate surface area is 97.5 Å². The van der Waals surface area contributed by atoms with Crippen LogP contribution in [0.2, 0.25) is 0 Å². The highest BCUT2D eigenvalue weighted by atomic mass is 16.3. The number of nitrogens with zero attached hydrogens (tertiary/aromatic N) is 2. The van der Waals surface area contributed by atoms with Gasteiger partial charge in [-0.3, -0.25) is 0 Å². The van der Waals surface area contributed by atoms with Gasteiger partial charge in [-0.25, -0.2) is 4.98 Å². The van der Waals surface area contributed by atoms with Crippen molar-refractivity contribution in [2.45, 2.75) is 39.2 Å². The van der Waals surface area contributed by atoms with E-state index in [4.69, 9.17) is 0 Å². The summed E-state index contributed by atoms with van der Waals surface area (Å²) in [5, 5.41) is 10.3. The third-order valence-corrected chi connectivity index (χ3v) is 4.21. The van der Waals surface area contributed by atoms with Gasteiger partial charge in [0.2, 0.25) is 0 Å². The third-order valence-electron chi connectivity index (χ3n) is 4.21. The molecule has 1 N–H and O–H groups in total. The van der Waals surface area contributed by atoms with E-state index in [0.29, 0.717) is 11.8 Å². The first-order valence-electron chi connectivity index (χ1n) is 6.25. The van der Waals surface area contributed by atoms with Crippen molar-refractivity contribution < 1.29 is 5.11 Å². The fraction of sp³-hybridized carbons (Fsp3) is 0.769. The number of rotatable bonds is 2. The summed E-state index contributed by atoms with van der Waals surface area (Å²) in [7, 11) is 1.94. The number of imidazole rings is 1. The Kier molecular flexibility index (Phi) is 3.33. The average molecular weight is 222 g/mol. The molecule has 1 aromatic rings. The number of aryl methyl sites for hydroxylation is 1. The van der Waals surface area contributed by atoms with Crippen LogP contribution >= 0.6 is 0 Å². The Hall–Kier alpha value is -0.830. The second-order valence-corrected chi connectivity index (χ2v) is 5.37. The highest BCUT2D eigenvalue weighted by molar-refractivity contribution is 4.98. The van der Waals surface area contributed by atoms with Gasteiger partial charge < -0.3 is 9.67 Å². The first-order valence-corrected chi connectivity index (χ1v) is 6.25. The smallest absolute Gasteiger partial charge is 0.137 e. The van der Waals surface area contributed by atoms with E-state index in [1.807, 2.05) is 17.8 Å². The monoisotopic (exact) mass is 222 g/mol. The van der Waals surface area contributed by atoms with Crippen LogP contribution < -0.4 is 0 Å². The molecule has 3 heteroatoms. The van der Waals surface area contributed by atoms with E-state index in [2.05, 4.69) is 18.8 Å². The third kappa shape index (κ3) is 2.14. The van der Waals surface area contributed by atoms with Gasteiger partial charge in [-0.05, 0) is 30.6 Å². The average Bonchev–Trinajstić information content (AvgIpc) is 2.67. The van der Waals surface area contributed by atoms with Crippen molar-refractivity contribution in [2.24, 2.45) is 24.8 Å². The summed E-state index contributed by atoms with van der Waals surface area (Å²) in [6, 6.07) is 0. The lowest BCUT2D eigenvalue weighted by Gasteiger charge is -2.34. The second-order valence-electron chi connectivity index (χ2n) is 5.37. The zero-order chi connectivity index (χ0) is 11.7. The molecule has 0 bridgehead atoms. The van der Waals surface area contributed by atoms with E-state index >= 15 is 0 Å². The molecule has 1 fully saturated rings. The Morgan fingerprint density at radius 1 is 1.38 bits per heavy atom. The number of aromatic nitrogens is 2. The Bertz CT molecular complexity index is 347. The van der Waals surface area contributed by atoms with Gasteiger partial charge in [0.25, 0.3) is 0 Å². The maximum Gasteiger partial charge on any atom is 0.137 e. The number of hydrogen-bond acceptors (Lipinski definition) is 2. The van der Waals surface area contributed by atoms with Crippen LogP contribution in [-0.2, 0) is 7.05 Å². The molecule has 3 nitrogen and oxygen atoms in total. The second kappa shape index (κ2) is 4.58. The van der Waals surface area contributed by atoms with Crippen LogP contribution in [0, 0.1) is 17.8 Å². The van der Waals surface area contributed by atoms with Crippen LogP contribution in [0.3, 0.4) is 0 Å². The molecule has 16 heavy (non-hydrogen) atoms. The van der Waals surface area contributed by atoms with Crippen LogP contribution in [0.15, 0.2) is 12.4 Å². The minimum atomic E-state index is -0.394. The minimum Gasteiger partial charge on any atom is -0.385 e. The predicted octanol–water partition coefficient (Wildman–Crippen LogP) is 2.53. The molecule has 1 aliphatic rings. The number of hydrogen-bond donors (Lipinski definition) is 1. The summed E-state index contributed by atoms with van der Waals surface area (Å²) in [5.74, 6) is 2.71. The van der Waals surface area contributed by atoms with Crippen molar-refractivity contribution in [3.63, 3.8) is 0 Å². The van der Waals surface area contributed by atoms with Crippen LogP contribution in [0.4, 0.5) is 0 Å². The molecule has 90 valence electrons. The predicted molar refractivity (Wildman–Crippen MR) is 63.8 cm³/mol. The standard InChI is InChI=1S/C13H22N2O/c1-9-4-5-11(8-10(9)2)12(16)13-14-6-7-15(13)3/h6-7,9-12,16H,4-5,8H2,1-3H3.